The molecular formula is C26H33N3O3. The number of ether oxygens (including phenoxy) is 2. The number of nitrogens with two attached hydrogens (primary N) is 1. The molecule has 2 N–H and O–H groups in total. The third-order valence-corrected chi connectivity index (χ3v) is 6.07. The van der Waals surface area contributed by atoms with Gasteiger partial charge in [-0.3, -0.25) is 9.69 Å². The minimum absolute atomic E-state index is 0.412. The number of carbonyl (C=O) groups excluding carboxylic acids is 1. The van der Waals surface area contributed by atoms with Crippen molar-refractivity contribution in [3.05, 3.63) is 59.8 Å². The van der Waals surface area contributed by atoms with Crippen molar-refractivity contribution in [2.24, 2.45) is 11.7 Å². The highest BCUT2D eigenvalue weighted by atomic mass is 16.5. The van der Waals surface area contributed by atoms with Crippen molar-refractivity contribution < 1.29 is 14.3 Å². The molecule has 6 heteroatoms. The van der Waals surface area contributed by atoms with E-state index in [0.29, 0.717) is 24.3 Å². The van der Waals surface area contributed by atoms with Gasteiger partial charge in [0.05, 0.1) is 12.1 Å². The van der Waals surface area contributed by atoms with Gasteiger partial charge >= 0.3 is 0 Å². The number of aromatic nitrogens is 1. The lowest BCUT2D eigenvalue weighted by Gasteiger charge is -2.31. The molecule has 0 saturated carbocycles. The summed E-state index contributed by atoms with van der Waals surface area (Å²) in [7, 11) is 2.17. The van der Waals surface area contributed by atoms with Gasteiger partial charge in [-0.25, -0.2) is 0 Å². The molecule has 2 aromatic carbocycles. The van der Waals surface area contributed by atoms with Gasteiger partial charge < -0.3 is 19.8 Å². The third kappa shape index (κ3) is 4.81. The molecule has 1 fully saturated rings. The number of nitrogens with zero attached hydrogens (tertiary/aromatic N) is 2. The molecule has 0 unspecified atom stereocenters. The lowest BCUT2D eigenvalue weighted by Crippen LogP contribution is -2.36. The summed E-state index contributed by atoms with van der Waals surface area (Å²) >= 11 is 0. The van der Waals surface area contributed by atoms with Crippen LogP contribution in [-0.2, 0) is 11.3 Å². The van der Waals surface area contributed by atoms with Crippen LogP contribution in [0.1, 0.15) is 42.7 Å². The Labute approximate surface area is 189 Å². The first kappa shape index (κ1) is 22.4. The molecule has 170 valence electrons. The number of benzene rings is 2. The molecule has 2 heterocycles. The zero-order chi connectivity index (χ0) is 22.7. The predicted octanol–water partition coefficient (Wildman–Crippen LogP) is 4.38. The maximum atomic E-state index is 12.3. The molecule has 1 aliphatic heterocycles. The summed E-state index contributed by atoms with van der Waals surface area (Å²) in [6.07, 6.45) is 2.15. The fraction of sp³-hybridized carbons (Fsp3) is 0.423. The van der Waals surface area contributed by atoms with E-state index in [1.807, 2.05) is 28.8 Å². The summed E-state index contributed by atoms with van der Waals surface area (Å²) in [6, 6.07) is 16.6. The van der Waals surface area contributed by atoms with E-state index < -0.39 is 5.91 Å². The molecule has 0 atom stereocenters. The molecular weight excluding hydrogens is 402 g/mol. The normalized spacial score (nSPS) is 15.0. The number of hydrogen-bond acceptors (Lipinski definition) is 4. The first-order valence-corrected chi connectivity index (χ1v) is 11.4. The molecule has 0 bridgehead atoms. The van der Waals surface area contributed by atoms with E-state index in [1.165, 1.54) is 5.56 Å². The summed E-state index contributed by atoms with van der Waals surface area (Å²) in [5, 5.41) is 0.894. The van der Waals surface area contributed by atoms with Gasteiger partial charge in [0, 0.05) is 36.9 Å². The summed E-state index contributed by atoms with van der Waals surface area (Å²) in [6.45, 7) is 7.40. The van der Waals surface area contributed by atoms with Crippen molar-refractivity contribution >= 4 is 16.8 Å². The van der Waals surface area contributed by atoms with Crippen LogP contribution in [0.5, 0.6) is 5.75 Å². The largest absolute Gasteiger partial charge is 0.493 e. The number of carbonyl (C=O) groups is 1. The van der Waals surface area contributed by atoms with Crippen LogP contribution < -0.4 is 10.5 Å². The minimum atomic E-state index is -0.459. The third-order valence-electron chi connectivity index (χ3n) is 6.07. The molecule has 6 nitrogen and oxygen atoms in total. The Bertz CT molecular complexity index is 1070. The van der Waals surface area contributed by atoms with Crippen LogP contribution >= 0.6 is 0 Å². The average Bonchev–Trinajstić information content (AvgIpc) is 3.19. The van der Waals surface area contributed by atoms with Gasteiger partial charge in [-0.05, 0) is 61.7 Å². The van der Waals surface area contributed by atoms with E-state index in [2.05, 4.69) is 50.1 Å². The van der Waals surface area contributed by atoms with E-state index in [4.69, 9.17) is 15.2 Å². The van der Waals surface area contributed by atoms with Crippen LogP contribution in [0.15, 0.2) is 48.5 Å². The van der Waals surface area contributed by atoms with Crippen LogP contribution in [0.3, 0.4) is 0 Å². The Morgan fingerprint density at radius 2 is 1.91 bits per heavy atom. The molecule has 3 aromatic rings. The highest BCUT2D eigenvalue weighted by Gasteiger charge is 2.20. The Hall–Kier alpha value is -2.83. The van der Waals surface area contributed by atoms with Crippen LogP contribution in [0.4, 0.5) is 0 Å². The summed E-state index contributed by atoms with van der Waals surface area (Å²) in [5.74, 6) is 0.723. The fourth-order valence-electron chi connectivity index (χ4n) is 4.34. The van der Waals surface area contributed by atoms with Crippen LogP contribution in [0.25, 0.3) is 16.6 Å². The SMILES string of the molecule is CC(C)COc1cccc2c1cc(C(N)=O)n2-c1ccc(CN(C)C2CCOCC2)cc1. The van der Waals surface area contributed by atoms with Crippen molar-refractivity contribution in [2.45, 2.75) is 39.3 Å². The number of primary amides is 1. The van der Waals surface area contributed by atoms with Gasteiger partial charge in [0.15, 0.2) is 0 Å². The van der Waals surface area contributed by atoms with E-state index in [-0.39, 0.29) is 0 Å². The van der Waals surface area contributed by atoms with Crippen molar-refractivity contribution in [3.63, 3.8) is 0 Å². The zero-order valence-electron chi connectivity index (χ0n) is 19.2. The molecule has 1 amide bonds. The second kappa shape index (κ2) is 9.76. The van der Waals surface area contributed by atoms with Gasteiger partial charge in [0.25, 0.3) is 5.91 Å². The summed E-state index contributed by atoms with van der Waals surface area (Å²) in [5.41, 5.74) is 9.26. The van der Waals surface area contributed by atoms with E-state index in [0.717, 1.165) is 54.9 Å². The number of hydrogen-bond donors (Lipinski definition) is 1. The summed E-state index contributed by atoms with van der Waals surface area (Å²) in [4.78, 5) is 14.7. The lowest BCUT2D eigenvalue weighted by molar-refractivity contribution is 0.0407. The smallest absolute Gasteiger partial charge is 0.265 e. The van der Waals surface area contributed by atoms with Gasteiger partial charge in [0.2, 0.25) is 0 Å². The second-order valence-corrected chi connectivity index (χ2v) is 9.05. The standard InChI is InChI=1S/C26H33N3O3/c1-18(2)17-32-25-6-4-5-23-22(25)15-24(26(27)30)29(23)21-9-7-19(8-10-21)16-28(3)20-11-13-31-14-12-20/h4-10,15,18,20H,11-14,16-17H2,1-3H3,(H2,27,30). The van der Waals surface area contributed by atoms with Crippen molar-refractivity contribution in [3.8, 4) is 11.4 Å². The topological polar surface area (TPSA) is 69.7 Å². The average molecular weight is 436 g/mol. The monoisotopic (exact) mass is 435 g/mol. The first-order chi connectivity index (χ1) is 15.4. The minimum Gasteiger partial charge on any atom is -0.493 e. The van der Waals surface area contributed by atoms with Crippen LogP contribution in [-0.4, -0.2) is 48.3 Å². The number of amides is 1. The van der Waals surface area contributed by atoms with Gasteiger partial charge in [-0.2, -0.15) is 0 Å². The van der Waals surface area contributed by atoms with Crippen LogP contribution in [0.2, 0.25) is 0 Å². The Balaban J connectivity index is 1.62. The highest BCUT2D eigenvalue weighted by Crippen LogP contribution is 2.32. The molecule has 32 heavy (non-hydrogen) atoms. The highest BCUT2D eigenvalue weighted by molar-refractivity contribution is 6.00. The molecule has 1 aromatic heterocycles. The Morgan fingerprint density at radius 1 is 1.19 bits per heavy atom. The maximum Gasteiger partial charge on any atom is 0.265 e. The molecule has 0 aliphatic carbocycles. The number of rotatable bonds is 8. The molecule has 1 aliphatic rings. The van der Waals surface area contributed by atoms with Gasteiger partial charge in [-0.15, -0.1) is 0 Å². The maximum absolute atomic E-state index is 12.3. The molecule has 0 radical (unpaired) electrons. The van der Waals surface area contributed by atoms with Crippen LogP contribution in [0, 0.1) is 5.92 Å². The van der Waals surface area contributed by atoms with E-state index in [9.17, 15) is 4.79 Å². The van der Waals surface area contributed by atoms with Gasteiger partial charge in [-0.1, -0.05) is 32.0 Å². The molecule has 4 rings (SSSR count). The van der Waals surface area contributed by atoms with E-state index in [1.54, 1.807) is 0 Å². The zero-order valence-corrected chi connectivity index (χ0v) is 19.2. The van der Waals surface area contributed by atoms with Crippen molar-refractivity contribution in [1.82, 2.24) is 9.47 Å². The summed E-state index contributed by atoms with van der Waals surface area (Å²) < 4.78 is 13.4. The molecule has 1 saturated heterocycles. The lowest BCUT2D eigenvalue weighted by atomic mass is 10.1. The molecule has 0 spiro atoms. The second-order valence-electron chi connectivity index (χ2n) is 9.05. The Morgan fingerprint density at radius 3 is 2.56 bits per heavy atom. The first-order valence-electron chi connectivity index (χ1n) is 11.4. The predicted molar refractivity (Wildman–Crippen MR) is 127 cm³/mol. The van der Waals surface area contributed by atoms with Gasteiger partial charge in [0.1, 0.15) is 11.4 Å². The van der Waals surface area contributed by atoms with E-state index >= 15 is 0 Å². The number of fused-ring (bicyclic) bond motifs is 1. The van der Waals surface area contributed by atoms with Crippen molar-refractivity contribution in [2.75, 3.05) is 26.9 Å². The van der Waals surface area contributed by atoms with Crippen molar-refractivity contribution in [1.29, 1.82) is 0 Å². The quantitative estimate of drug-likeness (QED) is 0.570. The Kier molecular flexibility index (Phi) is 6.82. The fourth-order valence-corrected chi connectivity index (χ4v) is 4.34.